The Hall–Kier alpha value is -0.670. The molecule has 1 aliphatic rings. The van der Waals surface area contributed by atoms with Crippen LogP contribution in [-0.2, 0) is 17.8 Å². The van der Waals surface area contributed by atoms with Crippen LogP contribution in [0.2, 0.25) is 0 Å². The summed E-state index contributed by atoms with van der Waals surface area (Å²) in [6, 6.07) is 6.06. The van der Waals surface area contributed by atoms with E-state index in [1.54, 1.807) is 0 Å². The predicted molar refractivity (Wildman–Crippen MR) is 59.2 cm³/mol. The van der Waals surface area contributed by atoms with Crippen molar-refractivity contribution in [2.45, 2.75) is 25.9 Å². The highest BCUT2D eigenvalue weighted by atomic mass is 79.9. The van der Waals surface area contributed by atoms with Gasteiger partial charge in [-0.25, -0.2) is 0 Å². The lowest BCUT2D eigenvalue weighted by molar-refractivity contribution is -0.119. The monoisotopic (exact) mass is 253 g/mol. The van der Waals surface area contributed by atoms with Crippen LogP contribution < -0.4 is 5.32 Å². The largest absolute Gasteiger partial charge is 0.304 e. The van der Waals surface area contributed by atoms with Gasteiger partial charge in [-0.15, -0.1) is 0 Å². The number of benzene rings is 1. The van der Waals surface area contributed by atoms with Gasteiger partial charge in [0.25, 0.3) is 0 Å². The second-order valence-electron chi connectivity index (χ2n) is 3.66. The molecule has 14 heavy (non-hydrogen) atoms. The molecular weight excluding hydrogens is 242 g/mol. The highest BCUT2D eigenvalue weighted by molar-refractivity contribution is 9.10. The average molecular weight is 254 g/mol. The Morgan fingerprint density at radius 3 is 3.00 bits per heavy atom. The van der Waals surface area contributed by atoms with Crippen LogP contribution in [0.5, 0.6) is 0 Å². The molecule has 2 nitrogen and oxygen atoms in total. The first-order valence-corrected chi connectivity index (χ1v) is 5.49. The number of nitrogens with one attached hydrogen (secondary N) is 1. The molecule has 0 amide bonds. The number of hydrogen-bond acceptors (Lipinski definition) is 2. The normalized spacial score (nSPS) is 21.6. The van der Waals surface area contributed by atoms with Crippen LogP contribution in [0.25, 0.3) is 0 Å². The number of ketones is 1. The van der Waals surface area contributed by atoms with Crippen molar-refractivity contribution in [1.82, 2.24) is 5.32 Å². The van der Waals surface area contributed by atoms with Crippen LogP contribution >= 0.6 is 15.9 Å². The molecule has 1 N–H and O–H groups in total. The van der Waals surface area contributed by atoms with E-state index in [1.807, 2.05) is 19.1 Å². The molecule has 1 aromatic rings. The first-order chi connectivity index (χ1) is 6.66. The van der Waals surface area contributed by atoms with Gasteiger partial charge in [-0.2, -0.15) is 0 Å². The number of carbonyl (C=O) groups is 1. The summed E-state index contributed by atoms with van der Waals surface area (Å²) in [4.78, 5) is 11.6. The minimum absolute atomic E-state index is 0.0267. The van der Waals surface area contributed by atoms with E-state index < -0.39 is 0 Å². The molecular formula is C11H12BrNO. The zero-order valence-corrected chi connectivity index (χ0v) is 9.60. The van der Waals surface area contributed by atoms with E-state index in [4.69, 9.17) is 0 Å². The predicted octanol–water partition coefficient (Wildman–Crippen LogP) is 2.05. The Morgan fingerprint density at radius 1 is 1.43 bits per heavy atom. The molecule has 1 atom stereocenters. The number of fused-ring (bicyclic) bond motifs is 1. The fraction of sp³-hybridized carbons (Fsp3) is 0.364. The summed E-state index contributed by atoms with van der Waals surface area (Å²) in [6.07, 6.45) is 0.552. The van der Waals surface area contributed by atoms with E-state index in [0.717, 1.165) is 16.6 Å². The smallest absolute Gasteiger partial charge is 0.153 e. The second-order valence-corrected chi connectivity index (χ2v) is 4.57. The molecule has 0 bridgehead atoms. The number of carbonyl (C=O) groups excluding carboxylic acids is 1. The fourth-order valence-corrected chi connectivity index (χ4v) is 2.06. The third kappa shape index (κ3) is 1.88. The van der Waals surface area contributed by atoms with Gasteiger partial charge in [-0.1, -0.05) is 22.0 Å². The summed E-state index contributed by atoms with van der Waals surface area (Å²) in [5.74, 6) is 0.270. The molecule has 1 heterocycles. The van der Waals surface area contributed by atoms with Crippen LogP contribution in [0.15, 0.2) is 22.7 Å². The SMILES string of the molecule is CC1NCc2cc(Br)ccc2CC1=O. The lowest BCUT2D eigenvalue weighted by atomic mass is 10.0. The second kappa shape index (κ2) is 3.83. The van der Waals surface area contributed by atoms with Crippen LogP contribution in [-0.4, -0.2) is 11.8 Å². The quantitative estimate of drug-likeness (QED) is 0.767. The van der Waals surface area contributed by atoms with Crippen molar-refractivity contribution in [3.05, 3.63) is 33.8 Å². The summed E-state index contributed by atoms with van der Waals surface area (Å²) in [5, 5.41) is 3.21. The standard InChI is InChI=1S/C11H12BrNO/c1-7-11(14)5-8-2-3-10(12)4-9(8)6-13-7/h2-4,7,13H,5-6H2,1H3. The first-order valence-electron chi connectivity index (χ1n) is 4.70. The maximum absolute atomic E-state index is 11.6. The minimum atomic E-state index is -0.0267. The van der Waals surface area contributed by atoms with Crippen molar-refractivity contribution in [3.63, 3.8) is 0 Å². The van der Waals surface area contributed by atoms with Gasteiger partial charge in [0.2, 0.25) is 0 Å². The summed E-state index contributed by atoms with van der Waals surface area (Å²) in [7, 11) is 0. The summed E-state index contributed by atoms with van der Waals surface area (Å²) in [5.41, 5.74) is 2.37. The summed E-state index contributed by atoms with van der Waals surface area (Å²) >= 11 is 3.43. The molecule has 0 saturated carbocycles. The minimum Gasteiger partial charge on any atom is -0.304 e. The molecule has 3 heteroatoms. The molecule has 74 valence electrons. The maximum Gasteiger partial charge on any atom is 0.153 e. The summed E-state index contributed by atoms with van der Waals surface area (Å²) < 4.78 is 1.07. The number of rotatable bonds is 0. The molecule has 0 spiro atoms. The van der Waals surface area contributed by atoms with E-state index in [1.165, 1.54) is 5.56 Å². The van der Waals surface area contributed by atoms with Gasteiger partial charge in [-0.3, -0.25) is 4.79 Å². The zero-order valence-electron chi connectivity index (χ0n) is 8.01. The van der Waals surface area contributed by atoms with Crippen LogP contribution in [0, 0.1) is 0 Å². The zero-order chi connectivity index (χ0) is 10.1. The van der Waals surface area contributed by atoms with Crippen molar-refractivity contribution in [2.75, 3.05) is 0 Å². The molecule has 1 aromatic carbocycles. The van der Waals surface area contributed by atoms with Gasteiger partial charge < -0.3 is 5.32 Å². The van der Waals surface area contributed by atoms with Gasteiger partial charge in [0.1, 0.15) is 0 Å². The maximum atomic E-state index is 11.6. The van der Waals surface area contributed by atoms with Gasteiger partial charge >= 0.3 is 0 Å². The Bertz CT molecular complexity index is 376. The van der Waals surface area contributed by atoms with Crippen molar-refractivity contribution >= 4 is 21.7 Å². The first kappa shape index (κ1) is 9.87. The van der Waals surface area contributed by atoms with Crippen molar-refractivity contribution in [1.29, 1.82) is 0 Å². The van der Waals surface area contributed by atoms with Crippen LogP contribution in [0.3, 0.4) is 0 Å². The Balaban J connectivity index is 2.37. The summed E-state index contributed by atoms with van der Waals surface area (Å²) in [6.45, 7) is 2.70. The van der Waals surface area contributed by atoms with E-state index >= 15 is 0 Å². The van der Waals surface area contributed by atoms with Gasteiger partial charge in [0.05, 0.1) is 6.04 Å². The van der Waals surface area contributed by atoms with Crippen LogP contribution in [0.1, 0.15) is 18.1 Å². The Labute approximate surface area is 91.8 Å². The van der Waals surface area contributed by atoms with Crippen LogP contribution in [0.4, 0.5) is 0 Å². The highest BCUT2D eigenvalue weighted by Crippen LogP contribution is 2.19. The molecule has 1 unspecified atom stereocenters. The number of Topliss-reactive ketones (excluding diaryl/α,β-unsaturated/α-hetero) is 1. The van der Waals surface area contributed by atoms with E-state index in [2.05, 4.69) is 27.3 Å². The van der Waals surface area contributed by atoms with Crippen molar-refractivity contribution < 1.29 is 4.79 Å². The lowest BCUT2D eigenvalue weighted by Crippen LogP contribution is -2.31. The molecule has 0 aliphatic carbocycles. The highest BCUT2D eigenvalue weighted by Gasteiger charge is 2.19. The molecule has 0 saturated heterocycles. The Morgan fingerprint density at radius 2 is 2.21 bits per heavy atom. The third-order valence-electron chi connectivity index (χ3n) is 2.61. The number of hydrogen-bond donors (Lipinski definition) is 1. The van der Waals surface area contributed by atoms with E-state index in [9.17, 15) is 4.79 Å². The molecule has 0 fully saturated rings. The topological polar surface area (TPSA) is 29.1 Å². The van der Waals surface area contributed by atoms with Crippen molar-refractivity contribution in [3.8, 4) is 0 Å². The molecule has 0 aromatic heterocycles. The Kier molecular flexibility index (Phi) is 2.70. The van der Waals surface area contributed by atoms with E-state index in [-0.39, 0.29) is 11.8 Å². The van der Waals surface area contributed by atoms with Gasteiger partial charge in [0, 0.05) is 17.4 Å². The molecule has 0 radical (unpaired) electrons. The third-order valence-corrected chi connectivity index (χ3v) is 3.11. The average Bonchev–Trinajstić information content (AvgIpc) is 2.29. The van der Waals surface area contributed by atoms with Gasteiger partial charge in [-0.05, 0) is 30.2 Å². The fourth-order valence-electron chi connectivity index (χ4n) is 1.65. The molecule has 2 rings (SSSR count). The lowest BCUT2D eigenvalue weighted by Gasteiger charge is -2.06. The van der Waals surface area contributed by atoms with Crippen molar-refractivity contribution in [2.24, 2.45) is 0 Å². The number of halogens is 1. The van der Waals surface area contributed by atoms with Gasteiger partial charge in [0.15, 0.2) is 5.78 Å². The molecule has 1 aliphatic heterocycles. The van der Waals surface area contributed by atoms with E-state index in [0.29, 0.717) is 6.42 Å².